The first-order chi connectivity index (χ1) is 12.5. The summed E-state index contributed by atoms with van der Waals surface area (Å²) in [5, 5.41) is 8.96. The van der Waals surface area contributed by atoms with Crippen LogP contribution in [0.1, 0.15) is 11.6 Å². The van der Waals surface area contributed by atoms with Crippen molar-refractivity contribution in [1.82, 2.24) is 10.6 Å². The summed E-state index contributed by atoms with van der Waals surface area (Å²) < 4.78 is 19.3. The van der Waals surface area contributed by atoms with E-state index in [0.29, 0.717) is 16.6 Å². The minimum absolute atomic E-state index is 0.109. The maximum absolute atomic E-state index is 13.9. The molecule has 1 aliphatic heterocycles. The molecule has 1 heterocycles. The number of benzene rings is 2. The first-order valence-corrected chi connectivity index (χ1v) is 8.36. The van der Waals surface area contributed by atoms with Crippen molar-refractivity contribution in [1.29, 1.82) is 0 Å². The molecule has 0 aromatic heterocycles. The topological polar surface area (TPSA) is 62.4 Å². The number of nitrogens with one attached hydrogen (secondary N) is 3. The maximum atomic E-state index is 13.9. The lowest BCUT2D eigenvalue weighted by molar-refractivity contribution is -0.119. The Bertz CT molecular complexity index is 871. The van der Waals surface area contributed by atoms with E-state index in [0.717, 1.165) is 5.56 Å². The highest BCUT2D eigenvalue weighted by molar-refractivity contribution is 7.80. The zero-order valence-corrected chi connectivity index (χ0v) is 14.9. The summed E-state index contributed by atoms with van der Waals surface area (Å²) in [4.78, 5) is 12.9. The van der Waals surface area contributed by atoms with Crippen molar-refractivity contribution in [2.45, 2.75) is 6.04 Å². The second-order valence-electron chi connectivity index (χ2n) is 5.79. The highest BCUT2D eigenvalue weighted by atomic mass is 32.1. The molecule has 0 radical (unpaired) electrons. The number of amides is 1. The Balaban J connectivity index is 1.95. The molecule has 134 valence electrons. The average molecular weight is 371 g/mol. The number of anilines is 1. The third-order valence-corrected chi connectivity index (χ3v) is 4.38. The van der Waals surface area contributed by atoms with Gasteiger partial charge in [-0.3, -0.25) is 4.79 Å². The molecule has 0 unspecified atom stereocenters. The van der Waals surface area contributed by atoms with Crippen LogP contribution >= 0.6 is 12.2 Å². The molecule has 0 spiro atoms. The Morgan fingerprint density at radius 3 is 2.65 bits per heavy atom. The molecule has 5 nitrogen and oxygen atoms in total. The Morgan fingerprint density at radius 2 is 1.92 bits per heavy atom. The fourth-order valence-electron chi connectivity index (χ4n) is 2.95. The summed E-state index contributed by atoms with van der Waals surface area (Å²) in [6, 6.07) is 12.8. The van der Waals surface area contributed by atoms with Crippen LogP contribution in [-0.2, 0) is 4.79 Å². The van der Waals surface area contributed by atoms with Gasteiger partial charge in [-0.2, -0.15) is 0 Å². The summed E-state index contributed by atoms with van der Waals surface area (Å²) >= 11 is 5.21. The number of hydrogen-bond donors (Lipinski definition) is 3. The van der Waals surface area contributed by atoms with Crippen LogP contribution in [-0.4, -0.2) is 18.1 Å². The van der Waals surface area contributed by atoms with E-state index in [-0.39, 0.29) is 5.69 Å². The third kappa shape index (κ3) is 3.52. The van der Waals surface area contributed by atoms with Gasteiger partial charge in [0.25, 0.3) is 0 Å². The predicted octanol–water partition coefficient (Wildman–Crippen LogP) is 3.12. The quantitative estimate of drug-likeness (QED) is 0.721. The minimum atomic E-state index is -0.724. The fraction of sp³-hybridized carbons (Fsp3) is 0.158. The Morgan fingerprint density at radius 1 is 1.23 bits per heavy atom. The van der Waals surface area contributed by atoms with Gasteiger partial charge >= 0.3 is 0 Å². The highest BCUT2D eigenvalue weighted by Gasteiger charge is 2.38. The fourth-order valence-corrected chi connectivity index (χ4v) is 3.21. The summed E-state index contributed by atoms with van der Waals surface area (Å²) in [5.74, 6) is -1.02. The number of carbonyl (C=O) groups excluding carboxylic acids is 1. The third-order valence-electron chi connectivity index (χ3n) is 4.16. The summed E-state index contributed by atoms with van der Waals surface area (Å²) in [6.45, 7) is 3.93. The highest BCUT2D eigenvalue weighted by Crippen LogP contribution is 2.35. The van der Waals surface area contributed by atoms with Crippen molar-refractivity contribution in [2.75, 3.05) is 12.4 Å². The van der Waals surface area contributed by atoms with Crippen molar-refractivity contribution in [3.63, 3.8) is 0 Å². The van der Waals surface area contributed by atoms with Crippen LogP contribution in [0.2, 0.25) is 0 Å². The molecule has 0 bridgehead atoms. The Hall–Kier alpha value is -2.93. The predicted molar refractivity (Wildman–Crippen MR) is 102 cm³/mol. The van der Waals surface area contributed by atoms with Crippen LogP contribution in [0, 0.1) is 11.7 Å². The number of rotatable bonds is 4. The van der Waals surface area contributed by atoms with E-state index < -0.39 is 23.7 Å². The van der Waals surface area contributed by atoms with Crippen LogP contribution in [0.3, 0.4) is 0 Å². The molecule has 26 heavy (non-hydrogen) atoms. The van der Waals surface area contributed by atoms with Crippen molar-refractivity contribution in [3.05, 3.63) is 72.2 Å². The molecule has 2 atom stereocenters. The van der Waals surface area contributed by atoms with Gasteiger partial charge in [0.1, 0.15) is 17.5 Å². The lowest BCUT2D eigenvalue weighted by atomic mass is 9.87. The molecule has 3 N–H and O–H groups in total. The lowest BCUT2D eigenvalue weighted by Crippen LogP contribution is -2.51. The number of hydrogen-bond acceptors (Lipinski definition) is 3. The molecule has 2 aromatic rings. The van der Waals surface area contributed by atoms with Gasteiger partial charge in [0.15, 0.2) is 5.11 Å². The Labute approximate surface area is 156 Å². The van der Waals surface area contributed by atoms with E-state index in [1.54, 1.807) is 25.3 Å². The van der Waals surface area contributed by atoms with Crippen molar-refractivity contribution in [3.8, 4) is 5.75 Å². The molecule has 1 amide bonds. The number of halogens is 1. The number of methoxy groups -OCH3 is 1. The van der Waals surface area contributed by atoms with E-state index >= 15 is 0 Å². The van der Waals surface area contributed by atoms with Gasteiger partial charge in [0.05, 0.1) is 18.8 Å². The molecule has 1 fully saturated rings. The van der Waals surface area contributed by atoms with Gasteiger partial charge in [-0.25, -0.2) is 4.39 Å². The standard InChI is InChI=1S/C19H18FN3O2S/c1-11-16(18(24)22-14-9-5-4-8-13(14)20)17(23-19(26)21-11)12-7-3-6-10-15(12)25-2/h3-10,16-17H,1H2,2H3,(H,22,24)(H2,21,23,26)/t16-,17+/m1/s1. The molecule has 3 rings (SSSR count). The smallest absolute Gasteiger partial charge is 0.235 e. The van der Waals surface area contributed by atoms with E-state index in [2.05, 4.69) is 22.5 Å². The summed E-state index contributed by atoms with van der Waals surface area (Å²) in [6.07, 6.45) is 0. The molecule has 0 aliphatic carbocycles. The van der Waals surface area contributed by atoms with Gasteiger partial charge in [0.2, 0.25) is 5.91 Å². The lowest BCUT2D eigenvalue weighted by Gasteiger charge is -2.36. The van der Waals surface area contributed by atoms with Crippen molar-refractivity contribution < 1.29 is 13.9 Å². The molecule has 2 aromatic carbocycles. The van der Waals surface area contributed by atoms with Crippen molar-refractivity contribution >= 4 is 28.9 Å². The monoisotopic (exact) mass is 371 g/mol. The summed E-state index contributed by atoms with van der Waals surface area (Å²) in [7, 11) is 1.56. The molecule has 0 saturated carbocycles. The van der Waals surface area contributed by atoms with Gasteiger partial charge < -0.3 is 20.7 Å². The van der Waals surface area contributed by atoms with Gasteiger partial charge in [-0.15, -0.1) is 0 Å². The van der Waals surface area contributed by atoms with Gasteiger partial charge in [-0.1, -0.05) is 36.9 Å². The number of thiocarbonyl (C=S) groups is 1. The van der Waals surface area contributed by atoms with Gasteiger partial charge in [0, 0.05) is 11.3 Å². The van der Waals surface area contributed by atoms with E-state index in [1.807, 2.05) is 18.2 Å². The first kappa shape index (κ1) is 17.9. The van der Waals surface area contributed by atoms with Crippen LogP contribution in [0.4, 0.5) is 10.1 Å². The number of ether oxygens (including phenoxy) is 1. The summed E-state index contributed by atoms with van der Waals surface area (Å²) in [5.41, 5.74) is 1.30. The average Bonchev–Trinajstić information content (AvgIpc) is 2.62. The minimum Gasteiger partial charge on any atom is -0.496 e. The van der Waals surface area contributed by atoms with E-state index in [9.17, 15) is 9.18 Å². The second-order valence-corrected chi connectivity index (χ2v) is 6.20. The molecule has 7 heteroatoms. The SMILES string of the molecule is C=C1NC(=S)N[C@@H](c2ccccc2OC)[C@@H]1C(=O)Nc1ccccc1F. The van der Waals surface area contributed by atoms with Crippen LogP contribution in [0.5, 0.6) is 5.75 Å². The van der Waals surface area contributed by atoms with Crippen molar-refractivity contribution in [2.24, 2.45) is 5.92 Å². The van der Waals surface area contributed by atoms with Crippen LogP contribution in [0.15, 0.2) is 60.8 Å². The zero-order chi connectivity index (χ0) is 18.7. The van der Waals surface area contributed by atoms with E-state index in [1.165, 1.54) is 12.1 Å². The largest absolute Gasteiger partial charge is 0.496 e. The molecule has 1 saturated heterocycles. The maximum Gasteiger partial charge on any atom is 0.235 e. The Kier molecular flexibility index (Phi) is 5.18. The van der Waals surface area contributed by atoms with Crippen LogP contribution in [0.25, 0.3) is 0 Å². The number of carbonyl (C=O) groups is 1. The van der Waals surface area contributed by atoms with Gasteiger partial charge in [-0.05, 0) is 30.4 Å². The first-order valence-electron chi connectivity index (χ1n) is 7.96. The molecular weight excluding hydrogens is 353 g/mol. The number of para-hydroxylation sites is 2. The second kappa shape index (κ2) is 7.53. The van der Waals surface area contributed by atoms with E-state index in [4.69, 9.17) is 17.0 Å². The zero-order valence-electron chi connectivity index (χ0n) is 14.1. The normalized spacial score (nSPS) is 19.3. The van der Waals surface area contributed by atoms with Crippen LogP contribution < -0.4 is 20.7 Å². The molecule has 1 aliphatic rings. The molecular formula is C19H18FN3O2S.